The summed E-state index contributed by atoms with van der Waals surface area (Å²) in [6.45, 7) is 3.15. The Bertz CT molecular complexity index is 549. The standard InChI is InChI=1S/C17H20ClNO2/c1-2-3-6-17(20)19(13-16-5-4-11-21-16)12-14-7-9-15(18)10-8-14/h4-5,7-11H,2-3,6,12-13H2,1H3. The van der Waals surface area contributed by atoms with Crippen LogP contribution in [0, 0.1) is 0 Å². The van der Waals surface area contributed by atoms with E-state index in [1.807, 2.05) is 41.3 Å². The summed E-state index contributed by atoms with van der Waals surface area (Å²) < 4.78 is 5.36. The topological polar surface area (TPSA) is 33.5 Å². The third-order valence-corrected chi connectivity index (χ3v) is 3.56. The Kier molecular flexibility index (Phi) is 5.88. The number of halogens is 1. The van der Waals surface area contributed by atoms with Gasteiger partial charge in [0.2, 0.25) is 5.91 Å². The molecule has 0 spiro atoms. The molecule has 0 aliphatic heterocycles. The quantitative estimate of drug-likeness (QED) is 0.746. The molecule has 3 nitrogen and oxygen atoms in total. The lowest BCUT2D eigenvalue weighted by atomic mass is 10.2. The molecular formula is C17H20ClNO2. The zero-order valence-electron chi connectivity index (χ0n) is 12.2. The lowest BCUT2D eigenvalue weighted by Gasteiger charge is -2.22. The molecule has 2 rings (SSSR count). The average molecular weight is 306 g/mol. The van der Waals surface area contributed by atoms with E-state index >= 15 is 0 Å². The van der Waals surface area contributed by atoms with Gasteiger partial charge in [-0.15, -0.1) is 0 Å². The Hall–Kier alpha value is -1.74. The number of nitrogens with zero attached hydrogens (tertiary/aromatic N) is 1. The molecule has 0 bridgehead atoms. The zero-order chi connectivity index (χ0) is 15.1. The molecule has 0 aliphatic carbocycles. The molecule has 0 unspecified atom stereocenters. The first-order chi connectivity index (χ1) is 10.2. The summed E-state index contributed by atoms with van der Waals surface area (Å²) in [5, 5.41) is 0.702. The van der Waals surface area contributed by atoms with Gasteiger partial charge in [-0.2, -0.15) is 0 Å². The number of hydrogen-bond donors (Lipinski definition) is 0. The summed E-state index contributed by atoms with van der Waals surface area (Å²) in [6, 6.07) is 11.3. The Morgan fingerprint density at radius 2 is 1.95 bits per heavy atom. The van der Waals surface area contributed by atoms with Gasteiger partial charge in [0.05, 0.1) is 12.8 Å². The van der Waals surface area contributed by atoms with E-state index in [0.29, 0.717) is 24.5 Å². The van der Waals surface area contributed by atoms with Gasteiger partial charge in [-0.25, -0.2) is 0 Å². The monoisotopic (exact) mass is 305 g/mol. The molecule has 0 radical (unpaired) electrons. The Labute approximate surface area is 130 Å². The fourth-order valence-corrected chi connectivity index (χ4v) is 2.25. The molecule has 0 N–H and O–H groups in total. The molecule has 0 fully saturated rings. The summed E-state index contributed by atoms with van der Waals surface area (Å²) in [7, 11) is 0. The predicted octanol–water partition coefficient (Wildman–Crippen LogP) is 4.65. The average Bonchev–Trinajstić information content (AvgIpc) is 2.99. The maximum absolute atomic E-state index is 12.4. The molecule has 2 aromatic rings. The van der Waals surface area contributed by atoms with Crippen LogP contribution in [0.2, 0.25) is 5.02 Å². The lowest BCUT2D eigenvalue weighted by Crippen LogP contribution is -2.29. The van der Waals surface area contributed by atoms with Crippen LogP contribution in [0.25, 0.3) is 0 Å². The summed E-state index contributed by atoms with van der Waals surface area (Å²) in [5.41, 5.74) is 1.07. The first kappa shape index (κ1) is 15.6. The van der Waals surface area contributed by atoms with Crippen molar-refractivity contribution in [2.75, 3.05) is 0 Å². The molecule has 0 atom stereocenters. The number of furan rings is 1. The Morgan fingerprint density at radius 3 is 2.57 bits per heavy atom. The number of unbranched alkanes of at least 4 members (excludes halogenated alkanes) is 1. The van der Waals surface area contributed by atoms with Crippen LogP contribution in [0.3, 0.4) is 0 Å². The third kappa shape index (κ3) is 4.94. The van der Waals surface area contributed by atoms with Crippen LogP contribution in [-0.4, -0.2) is 10.8 Å². The van der Waals surface area contributed by atoms with Crippen molar-refractivity contribution < 1.29 is 9.21 Å². The fourth-order valence-electron chi connectivity index (χ4n) is 2.12. The van der Waals surface area contributed by atoms with E-state index < -0.39 is 0 Å². The van der Waals surface area contributed by atoms with Gasteiger partial charge in [0.15, 0.2) is 0 Å². The van der Waals surface area contributed by atoms with E-state index in [1.54, 1.807) is 6.26 Å². The van der Waals surface area contributed by atoms with Crippen molar-refractivity contribution in [2.45, 2.75) is 39.3 Å². The van der Waals surface area contributed by atoms with Crippen LogP contribution in [0.1, 0.15) is 37.5 Å². The van der Waals surface area contributed by atoms with Crippen LogP contribution in [0.5, 0.6) is 0 Å². The van der Waals surface area contributed by atoms with Crippen molar-refractivity contribution in [1.29, 1.82) is 0 Å². The van der Waals surface area contributed by atoms with Crippen LogP contribution < -0.4 is 0 Å². The molecule has 1 amide bonds. The number of benzene rings is 1. The minimum Gasteiger partial charge on any atom is -0.467 e. The minimum absolute atomic E-state index is 0.156. The fraction of sp³-hybridized carbons (Fsp3) is 0.353. The van der Waals surface area contributed by atoms with Crippen molar-refractivity contribution in [3.63, 3.8) is 0 Å². The van der Waals surface area contributed by atoms with Crippen molar-refractivity contribution >= 4 is 17.5 Å². The Morgan fingerprint density at radius 1 is 1.19 bits per heavy atom. The lowest BCUT2D eigenvalue weighted by molar-refractivity contribution is -0.132. The van der Waals surface area contributed by atoms with Gasteiger partial charge in [0, 0.05) is 18.0 Å². The van der Waals surface area contributed by atoms with Gasteiger partial charge in [-0.1, -0.05) is 37.1 Å². The maximum Gasteiger partial charge on any atom is 0.223 e. The molecule has 1 aromatic carbocycles. The molecular weight excluding hydrogens is 286 g/mol. The van der Waals surface area contributed by atoms with Crippen LogP contribution >= 0.6 is 11.6 Å². The van der Waals surface area contributed by atoms with Crippen molar-refractivity contribution in [1.82, 2.24) is 4.90 Å². The van der Waals surface area contributed by atoms with Crippen molar-refractivity contribution in [3.05, 3.63) is 59.0 Å². The Balaban J connectivity index is 2.06. The SMILES string of the molecule is CCCCC(=O)N(Cc1ccc(Cl)cc1)Cc1ccco1. The van der Waals surface area contributed by atoms with Gasteiger partial charge >= 0.3 is 0 Å². The molecule has 1 aromatic heterocycles. The van der Waals surface area contributed by atoms with E-state index in [1.165, 1.54) is 0 Å². The van der Waals surface area contributed by atoms with Gasteiger partial charge in [0.1, 0.15) is 5.76 Å². The maximum atomic E-state index is 12.4. The van der Waals surface area contributed by atoms with E-state index in [4.69, 9.17) is 16.0 Å². The summed E-state index contributed by atoms with van der Waals surface area (Å²) in [5.74, 6) is 0.956. The molecule has 1 heterocycles. The molecule has 21 heavy (non-hydrogen) atoms. The highest BCUT2D eigenvalue weighted by Crippen LogP contribution is 2.15. The highest BCUT2D eigenvalue weighted by Gasteiger charge is 2.15. The molecule has 0 saturated carbocycles. The summed E-state index contributed by atoms with van der Waals surface area (Å²) >= 11 is 5.90. The number of amides is 1. The predicted molar refractivity (Wildman–Crippen MR) is 83.9 cm³/mol. The highest BCUT2D eigenvalue weighted by molar-refractivity contribution is 6.30. The molecule has 0 saturated heterocycles. The van der Waals surface area contributed by atoms with Crippen LogP contribution in [0.15, 0.2) is 47.1 Å². The van der Waals surface area contributed by atoms with E-state index in [9.17, 15) is 4.79 Å². The van der Waals surface area contributed by atoms with Gasteiger partial charge in [-0.3, -0.25) is 4.79 Å². The van der Waals surface area contributed by atoms with Gasteiger partial charge in [0.25, 0.3) is 0 Å². The smallest absolute Gasteiger partial charge is 0.223 e. The van der Waals surface area contributed by atoms with E-state index in [0.717, 1.165) is 24.2 Å². The van der Waals surface area contributed by atoms with Crippen LogP contribution in [0.4, 0.5) is 0 Å². The molecule has 0 aliphatic rings. The van der Waals surface area contributed by atoms with E-state index in [2.05, 4.69) is 6.92 Å². The number of hydrogen-bond acceptors (Lipinski definition) is 2. The van der Waals surface area contributed by atoms with E-state index in [-0.39, 0.29) is 5.91 Å². The number of carbonyl (C=O) groups excluding carboxylic acids is 1. The second kappa shape index (κ2) is 7.89. The number of rotatable bonds is 7. The third-order valence-electron chi connectivity index (χ3n) is 3.31. The molecule has 4 heteroatoms. The van der Waals surface area contributed by atoms with Gasteiger partial charge < -0.3 is 9.32 Å². The summed E-state index contributed by atoms with van der Waals surface area (Å²) in [6.07, 6.45) is 4.13. The van der Waals surface area contributed by atoms with Crippen molar-refractivity contribution in [2.24, 2.45) is 0 Å². The second-order valence-corrected chi connectivity index (χ2v) is 5.50. The zero-order valence-corrected chi connectivity index (χ0v) is 13.0. The highest BCUT2D eigenvalue weighted by atomic mass is 35.5. The first-order valence-electron chi connectivity index (χ1n) is 7.23. The second-order valence-electron chi connectivity index (χ2n) is 5.06. The largest absolute Gasteiger partial charge is 0.467 e. The minimum atomic E-state index is 0.156. The van der Waals surface area contributed by atoms with Crippen molar-refractivity contribution in [3.8, 4) is 0 Å². The normalized spacial score (nSPS) is 10.6. The van der Waals surface area contributed by atoms with Crippen LogP contribution in [-0.2, 0) is 17.9 Å². The first-order valence-corrected chi connectivity index (χ1v) is 7.61. The van der Waals surface area contributed by atoms with Gasteiger partial charge in [-0.05, 0) is 36.2 Å². The molecule has 112 valence electrons. The number of carbonyl (C=O) groups is 1. The summed E-state index contributed by atoms with van der Waals surface area (Å²) in [4.78, 5) is 14.2.